The lowest BCUT2D eigenvalue weighted by atomic mass is 10.1. The van der Waals surface area contributed by atoms with Crippen LogP contribution in [0.2, 0.25) is 0 Å². The van der Waals surface area contributed by atoms with Crippen molar-refractivity contribution in [3.63, 3.8) is 0 Å². The Morgan fingerprint density at radius 1 is 1.40 bits per heavy atom. The van der Waals surface area contributed by atoms with Crippen LogP contribution in [0.1, 0.15) is 21.7 Å². The average molecular weight is 200 g/mol. The smallest absolute Gasteiger partial charge is 0.183 e. The summed E-state index contributed by atoms with van der Waals surface area (Å²) in [5.41, 5.74) is 2.61. The van der Waals surface area contributed by atoms with Gasteiger partial charge >= 0.3 is 0 Å². The van der Waals surface area contributed by atoms with Gasteiger partial charge in [-0.2, -0.15) is 0 Å². The summed E-state index contributed by atoms with van der Waals surface area (Å²) < 4.78 is 0. The third-order valence-corrected chi connectivity index (χ3v) is 2.22. The number of aromatic amines is 1. The molecule has 0 bridgehead atoms. The number of H-pyrrole nitrogens is 1. The standard InChI is InChI=1S/C12H12N2O/c1-9-4-5-11(14-9)12(15)7-10-3-2-6-13-8-10/h2-6,8,14H,7H2,1H3. The van der Waals surface area contributed by atoms with Crippen molar-refractivity contribution < 1.29 is 4.79 Å². The average Bonchev–Trinajstić information content (AvgIpc) is 2.66. The molecule has 76 valence electrons. The number of hydrogen-bond donors (Lipinski definition) is 1. The zero-order valence-corrected chi connectivity index (χ0v) is 8.53. The molecule has 2 heterocycles. The number of carbonyl (C=O) groups is 1. The zero-order chi connectivity index (χ0) is 10.7. The molecule has 0 spiro atoms. The van der Waals surface area contributed by atoms with Gasteiger partial charge < -0.3 is 4.98 Å². The lowest BCUT2D eigenvalue weighted by Gasteiger charge is -1.98. The second-order valence-corrected chi connectivity index (χ2v) is 3.52. The van der Waals surface area contributed by atoms with Crippen molar-refractivity contribution in [1.29, 1.82) is 0 Å². The molecule has 0 aliphatic heterocycles. The minimum absolute atomic E-state index is 0.0936. The van der Waals surface area contributed by atoms with Crippen molar-refractivity contribution in [2.24, 2.45) is 0 Å². The zero-order valence-electron chi connectivity index (χ0n) is 8.53. The van der Waals surface area contributed by atoms with Crippen molar-refractivity contribution in [3.8, 4) is 0 Å². The highest BCUT2D eigenvalue weighted by molar-refractivity contribution is 5.95. The molecule has 3 nitrogen and oxygen atoms in total. The van der Waals surface area contributed by atoms with Crippen molar-refractivity contribution in [2.45, 2.75) is 13.3 Å². The second-order valence-electron chi connectivity index (χ2n) is 3.52. The van der Waals surface area contributed by atoms with Crippen LogP contribution in [0.25, 0.3) is 0 Å². The van der Waals surface area contributed by atoms with Crippen LogP contribution in [0.5, 0.6) is 0 Å². The fourth-order valence-electron chi connectivity index (χ4n) is 1.45. The summed E-state index contributed by atoms with van der Waals surface area (Å²) in [6, 6.07) is 7.45. The Morgan fingerprint density at radius 2 is 2.27 bits per heavy atom. The van der Waals surface area contributed by atoms with Gasteiger partial charge in [-0.25, -0.2) is 0 Å². The van der Waals surface area contributed by atoms with E-state index in [4.69, 9.17) is 0 Å². The van der Waals surface area contributed by atoms with E-state index in [9.17, 15) is 4.79 Å². The predicted octanol–water partition coefficient (Wildman–Crippen LogP) is 2.14. The van der Waals surface area contributed by atoms with Crippen molar-refractivity contribution in [3.05, 3.63) is 53.6 Å². The molecule has 2 aromatic heterocycles. The van der Waals surface area contributed by atoms with Crippen LogP contribution in [-0.4, -0.2) is 15.8 Å². The molecule has 0 atom stereocenters. The number of nitrogens with zero attached hydrogens (tertiary/aromatic N) is 1. The van der Waals surface area contributed by atoms with E-state index in [0.29, 0.717) is 12.1 Å². The summed E-state index contributed by atoms with van der Waals surface area (Å²) in [5, 5.41) is 0. The van der Waals surface area contributed by atoms with E-state index in [1.54, 1.807) is 12.4 Å². The van der Waals surface area contributed by atoms with Gasteiger partial charge in [-0.3, -0.25) is 9.78 Å². The molecular weight excluding hydrogens is 188 g/mol. The summed E-state index contributed by atoms with van der Waals surface area (Å²) in [6.07, 6.45) is 3.81. The van der Waals surface area contributed by atoms with Gasteiger partial charge in [0.1, 0.15) is 0 Å². The van der Waals surface area contributed by atoms with Crippen LogP contribution in [0.4, 0.5) is 0 Å². The van der Waals surface area contributed by atoms with E-state index in [1.165, 1.54) is 0 Å². The highest BCUT2D eigenvalue weighted by Crippen LogP contribution is 2.06. The van der Waals surface area contributed by atoms with E-state index in [-0.39, 0.29) is 5.78 Å². The number of rotatable bonds is 3. The van der Waals surface area contributed by atoms with Gasteiger partial charge in [0, 0.05) is 24.5 Å². The molecular formula is C12H12N2O. The van der Waals surface area contributed by atoms with Gasteiger partial charge in [0.2, 0.25) is 0 Å². The summed E-state index contributed by atoms with van der Waals surface area (Å²) in [4.78, 5) is 18.8. The molecule has 0 unspecified atom stereocenters. The molecule has 0 aliphatic carbocycles. The van der Waals surface area contributed by atoms with Crippen LogP contribution in [0, 0.1) is 6.92 Å². The normalized spacial score (nSPS) is 10.2. The van der Waals surface area contributed by atoms with Crippen molar-refractivity contribution in [1.82, 2.24) is 9.97 Å². The Hall–Kier alpha value is -1.90. The monoisotopic (exact) mass is 200 g/mol. The lowest BCUT2D eigenvalue weighted by Crippen LogP contribution is -2.04. The van der Waals surface area contributed by atoms with Crippen LogP contribution in [0.15, 0.2) is 36.7 Å². The van der Waals surface area contributed by atoms with Gasteiger partial charge in [-0.15, -0.1) is 0 Å². The molecule has 2 aromatic rings. The van der Waals surface area contributed by atoms with E-state index in [1.807, 2.05) is 31.2 Å². The highest BCUT2D eigenvalue weighted by atomic mass is 16.1. The molecule has 0 radical (unpaired) electrons. The molecule has 3 heteroatoms. The largest absolute Gasteiger partial charge is 0.356 e. The third kappa shape index (κ3) is 2.31. The summed E-state index contributed by atoms with van der Waals surface area (Å²) in [6.45, 7) is 1.93. The first kappa shape index (κ1) is 9.65. The number of nitrogens with one attached hydrogen (secondary N) is 1. The summed E-state index contributed by atoms with van der Waals surface area (Å²) in [7, 11) is 0. The van der Waals surface area contributed by atoms with Gasteiger partial charge in [-0.1, -0.05) is 6.07 Å². The number of pyridine rings is 1. The first-order chi connectivity index (χ1) is 7.25. The number of hydrogen-bond acceptors (Lipinski definition) is 2. The van der Waals surface area contributed by atoms with Gasteiger partial charge in [-0.05, 0) is 30.7 Å². The van der Waals surface area contributed by atoms with Crippen molar-refractivity contribution in [2.75, 3.05) is 0 Å². The molecule has 0 saturated carbocycles. The Bertz CT molecular complexity index is 459. The van der Waals surface area contributed by atoms with Crippen molar-refractivity contribution >= 4 is 5.78 Å². The highest BCUT2D eigenvalue weighted by Gasteiger charge is 2.08. The third-order valence-electron chi connectivity index (χ3n) is 2.22. The minimum atomic E-state index is 0.0936. The first-order valence-electron chi connectivity index (χ1n) is 4.83. The maximum atomic E-state index is 11.8. The minimum Gasteiger partial charge on any atom is -0.356 e. The fraction of sp³-hybridized carbons (Fsp3) is 0.167. The number of Topliss-reactive ketones (excluding diaryl/α,β-unsaturated/α-hetero) is 1. The van der Waals surface area contributed by atoms with E-state index < -0.39 is 0 Å². The molecule has 2 rings (SSSR count). The number of aryl methyl sites for hydroxylation is 1. The fourth-order valence-corrected chi connectivity index (χ4v) is 1.45. The molecule has 1 N–H and O–H groups in total. The summed E-state index contributed by atoms with van der Waals surface area (Å²) >= 11 is 0. The number of aromatic nitrogens is 2. The Morgan fingerprint density at radius 3 is 2.87 bits per heavy atom. The maximum absolute atomic E-state index is 11.8. The SMILES string of the molecule is Cc1ccc(C(=O)Cc2cccnc2)[nH]1. The molecule has 0 saturated heterocycles. The topological polar surface area (TPSA) is 45.8 Å². The Balaban J connectivity index is 2.11. The van der Waals surface area contributed by atoms with E-state index >= 15 is 0 Å². The molecule has 15 heavy (non-hydrogen) atoms. The number of ketones is 1. The second kappa shape index (κ2) is 4.09. The van der Waals surface area contributed by atoms with E-state index in [2.05, 4.69) is 9.97 Å². The lowest BCUT2D eigenvalue weighted by molar-refractivity contribution is 0.0988. The first-order valence-corrected chi connectivity index (χ1v) is 4.83. The maximum Gasteiger partial charge on any atom is 0.183 e. The predicted molar refractivity (Wildman–Crippen MR) is 57.8 cm³/mol. The molecule has 0 amide bonds. The molecule has 0 fully saturated rings. The number of carbonyl (C=O) groups excluding carboxylic acids is 1. The van der Waals surface area contributed by atoms with Crippen LogP contribution < -0.4 is 0 Å². The van der Waals surface area contributed by atoms with Crippen LogP contribution >= 0.6 is 0 Å². The Labute approximate surface area is 88.2 Å². The quantitative estimate of drug-likeness (QED) is 0.771. The Kier molecular flexibility index (Phi) is 2.63. The van der Waals surface area contributed by atoms with Gasteiger partial charge in [0.25, 0.3) is 0 Å². The summed E-state index contributed by atoms with van der Waals surface area (Å²) in [5.74, 6) is 0.0936. The van der Waals surface area contributed by atoms with Gasteiger partial charge in [0.05, 0.1) is 5.69 Å². The van der Waals surface area contributed by atoms with Crippen LogP contribution in [0.3, 0.4) is 0 Å². The van der Waals surface area contributed by atoms with Gasteiger partial charge in [0.15, 0.2) is 5.78 Å². The van der Waals surface area contributed by atoms with Crippen LogP contribution in [-0.2, 0) is 6.42 Å². The molecule has 0 aromatic carbocycles. The van der Waals surface area contributed by atoms with E-state index in [0.717, 1.165) is 11.3 Å². The molecule has 0 aliphatic rings.